The largest absolute Gasteiger partial charge is 0.481 e. The van der Waals surface area contributed by atoms with Gasteiger partial charge in [-0.3, -0.25) is 9.48 Å². The first-order chi connectivity index (χ1) is 9.06. The number of nitrogens with one attached hydrogen (secondary N) is 2. The number of nitrogens with zero attached hydrogens (tertiary/aromatic N) is 2. The van der Waals surface area contributed by atoms with Crippen molar-refractivity contribution >= 4 is 12.0 Å². The normalized spacial score (nSPS) is 22.2. The maximum Gasteiger partial charge on any atom is 0.315 e. The molecule has 0 radical (unpaired) electrons. The van der Waals surface area contributed by atoms with Crippen LogP contribution in [0.25, 0.3) is 0 Å². The van der Waals surface area contributed by atoms with Crippen molar-refractivity contribution in [3.05, 3.63) is 18.0 Å². The fourth-order valence-electron chi connectivity index (χ4n) is 1.90. The van der Waals surface area contributed by atoms with Crippen LogP contribution in [0.5, 0.6) is 0 Å². The Balaban J connectivity index is 1.79. The fourth-order valence-corrected chi connectivity index (χ4v) is 1.90. The number of ether oxygens (including phenoxy) is 1. The van der Waals surface area contributed by atoms with Crippen LogP contribution in [0.4, 0.5) is 4.79 Å². The molecule has 19 heavy (non-hydrogen) atoms. The van der Waals surface area contributed by atoms with E-state index in [1.54, 1.807) is 24.1 Å². The Labute approximate surface area is 109 Å². The Hall–Kier alpha value is -2.09. The zero-order valence-corrected chi connectivity index (χ0v) is 10.5. The summed E-state index contributed by atoms with van der Waals surface area (Å²) in [6, 6.07) is -0.906. The molecule has 1 saturated heterocycles. The van der Waals surface area contributed by atoms with E-state index in [0.717, 1.165) is 5.56 Å². The summed E-state index contributed by atoms with van der Waals surface area (Å²) in [7, 11) is 1.79. The third-order valence-electron chi connectivity index (χ3n) is 2.93. The number of hydrogen-bond acceptors (Lipinski definition) is 4. The van der Waals surface area contributed by atoms with Gasteiger partial charge in [-0.1, -0.05) is 0 Å². The molecule has 2 heterocycles. The van der Waals surface area contributed by atoms with Crippen LogP contribution >= 0.6 is 0 Å². The van der Waals surface area contributed by atoms with E-state index in [4.69, 9.17) is 9.84 Å². The highest BCUT2D eigenvalue weighted by Crippen LogP contribution is 2.13. The van der Waals surface area contributed by atoms with E-state index >= 15 is 0 Å². The lowest BCUT2D eigenvalue weighted by Gasteiger charge is -2.15. The fraction of sp³-hybridized carbons (Fsp3) is 0.545. The summed E-state index contributed by atoms with van der Waals surface area (Å²) in [5.41, 5.74) is 0.870. The maximum atomic E-state index is 11.6. The lowest BCUT2D eigenvalue weighted by atomic mass is 10.0. The number of amides is 2. The van der Waals surface area contributed by atoms with E-state index in [9.17, 15) is 9.59 Å². The van der Waals surface area contributed by atoms with Crippen molar-refractivity contribution in [3.63, 3.8) is 0 Å². The lowest BCUT2D eigenvalue weighted by molar-refractivity contribution is -0.142. The lowest BCUT2D eigenvalue weighted by Crippen LogP contribution is -2.46. The first-order valence-corrected chi connectivity index (χ1v) is 5.88. The molecule has 2 amide bonds. The van der Waals surface area contributed by atoms with Gasteiger partial charge in [0.25, 0.3) is 0 Å². The number of carboxylic acids is 1. The third kappa shape index (κ3) is 3.44. The molecule has 0 saturated carbocycles. The van der Waals surface area contributed by atoms with Crippen LogP contribution in [0.15, 0.2) is 12.4 Å². The summed E-state index contributed by atoms with van der Waals surface area (Å²) < 4.78 is 6.70. The number of carboxylic acid groups (broad SMARTS) is 1. The molecule has 1 aliphatic rings. The topological polar surface area (TPSA) is 105 Å². The predicted octanol–water partition coefficient (Wildman–Crippen LogP) is -0.681. The van der Waals surface area contributed by atoms with Gasteiger partial charge in [0.15, 0.2) is 0 Å². The van der Waals surface area contributed by atoms with Gasteiger partial charge in [-0.25, -0.2) is 4.79 Å². The second kappa shape index (κ2) is 5.70. The quantitative estimate of drug-likeness (QED) is 0.671. The first kappa shape index (κ1) is 13.3. The summed E-state index contributed by atoms with van der Waals surface area (Å²) in [5.74, 6) is -1.65. The third-order valence-corrected chi connectivity index (χ3v) is 2.93. The van der Waals surface area contributed by atoms with Crippen molar-refractivity contribution < 1.29 is 19.4 Å². The summed E-state index contributed by atoms with van der Waals surface area (Å²) in [5, 5.41) is 18.2. The van der Waals surface area contributed by atoms with Gasteiger partial charge in [0.1, 0.15) is 5.92 Å². The van der Waals surface area contributed by atoms with Crippen molar-refractivity contribution in [2.75, 3.05) is 13.2 Å². The van der Waals surface area contributed by atoms with Gasteiger partial charge in [-0.05, 0) is 0 Å². The molecule has 1 aromatic rings. The Morgan fingerprint density at radius 1 is 1.58 bits per heavy atom. The van der Waals surface area contributed by atoms with Crippen molar-refractivity contribution in [3.8, 4) is 0 Å². The van der Waals surface area contributed by atoms with Crippen molar-refractivity contribution in [2.45, 2.75) is 12.6 Å². The second-order valence-corrected chi connectivity index (χ2v) is 4.44. The predicted molar refractivity (Wildman–Crippen MR) is 64.3 cm³/mol. The molecule has 1 aromatic heterocycles. The SMILES string of the molecule is Cn1cc(CNC(=O)NC2COCC2C(=O)O)cn1. The number of aryl methyl sites for hydroxylation is 1. The van der Waals surface area contributed by atoms with Crippen LogP contribution in [0.3, 0.4) is 0 Å². The van der Waals surface area contributed by atoms with E-state index in [2.05, 4.69) is 15.7 Å². The minimum atomic E-state index is -0.963. The standard InChI is InChI=1S/C11H16N4O4/c1-15-4-7(3-13-15)2-12-11(18)14-9-6-19-5-8(9)10(16)17/h3-4,8-9H,2,5-6H2,1H3,(H,16,17)(H2,12,14,18). The van der Waals surface area contributed by atoms with E-state index < -0.39 is 24.0 Å². The molecular formula is C11H16N4O4. The van der Waals surface area contributed by atoms with E-state index in [1.165, 1.54) is 0 Å². The highest BCUT2D eigenvalue weighted by molar-refractivity contribution is 5.77. The van der Waals surface area contributed by atoms with Crippen molar-refractivity contribution in [2.24, 2.45) is 13.0 Å². The highest BCUT2D eigenvalue weighted by Gasteiger charge is 2.34. The zero-order chi connectivity index (χ0) is 13.8. The van der Waals surface area contributed by atoms with Gasteiger partial charge < -0.3 is 20.5 Å². The molecular weight excluding hydrogens is 252 g/mol. The molecule has 2 atom stereocenters. The van der Waals surface area contributed by atoms with Gasteiger partial charge in [0.05, 0.1) is 25.5 Å². The molecule has 3 N–H and O–H groups in total. The Morgan fingerprint density at radius 2 is 2.37 bits per heavy atom. The van der Waals surface area contributed by atoms with Gasteiger partial charge in [0.2, 0.25) is 0 Å². The maximum absolute atomic E-state index is 11.6. The van der Waals surface area contributed by atoms with E-state index in [0.29, 0.717) is 6.54 Å². The molecule has 2 rings (SSSR count). The van der Waals surface area contributed by atoms with E-state index in [1.807, 2.05) is 0 Å². The smallest absolute Gasteiger partial charge is 0.315 e. The highest BCUT2D eigenvalue weighted by atomic mass is 16.5. The number of aliphatic carboxylic acids is 1. The molecule has 104 valence electrons. The van der Waals surface area contributed by atoms with Crippen LogP contribution in [0.2, 0.25) is 0 Å². The second-order valence-electron chi connectivity index (χ2n) is 4.44. The Morgan fingerprint density at radius 3 is 3.00 bits per heavy atom. The van der Waals surface area contributed by atoms with Crippen LogP contribution in [0.1, 0.15) is 5.56 Å². The van der Waals surface area contributed by atoms with Crippen LogP contribution in [-0.2, 0) is 23.1 Å². The van der Waals surface area contributed by atoms with E-state index in [-0.39, 0.29) is 13.2 Å². The number of hydrogen-bond donors (Lipinski definition) is 3. The van der Waals surface area contributed by atoms with Gasteiger partial charge >= 0.3 is 12.0 Å². The average molecular weight is 268 g/mol. The minimum absolute atomic E-state index is 0.128. The number of aromatic nitrogens is 2. The van der Waals surface area contributed by atoms with Gasteiger partial charge in [-0.2, -0.15) is 5.10 Å². The van der Waals surface area contributed by atoms with Crippen LogP contribution in [0, 0.1) is 5.92 Å². The number of carbonyl (C=O) groups is 2. The van der Waals surface area contributed by atoms with Gasteiger partial charge in [-0.15, -0.1) is 0 Å². The number of carbonyl (C=O) groups excluding carboxylic acids is 1. The molecule has 2 unspecified atom stereocenters. The van der Waals surface area contributed by atoms with Gasteiger partial charge in [0, 0.05) is 25.4 Å². The zero-order valence-electron chi connectivity index (χ0n) is 10.5. The average Bonchev–Trinajstić information content (AvgIpc) is 2.95. The molecule has 1 fully saturated rings. The molecule has 0 spiro atoms. The molecule has 1 aliphatic heterocycles. The van der Waals surface area contributed by atoms with Crippen molar-refractivity contribution in [1.29, 1.82) is 0 Å². The minimum Gasteiger partial charge on any atom is -0.481 e. The summed E-state index contributed by atoms with van der Waals surface area (Å²) in [4.78, 5) is 22.6. The first-order valence-electron chi connectivity index (χ1n) is 5.88. The monoisotopic (exact) mass is 268 g/mol. The van der Waals surface area contributed by atoms with Crippen LogP contribution in [-0.4, -0.2) is 46.1 Å². The molecule has 8 heteroatoms. The molecule has 8 nitrogen and oxygen atoms in total. The summed E-state index contributed by atoms with van der Waals surface area (Å²) >= 11 is 0. The molecule has 0 aliphatic carbocycles. The van der Waals surface area contributed by atoms with Crippen molar-refractivity contribution in [1.82, 2.24) is 20.4 Å². The summed E-state index contributed by atoms with van der Waals surface area (Å²) in [6.07, 6.45) is 3.44. The number of rotatable bonds is 4. The van der Waals surface area contributed by atoms with Crippen LogP contribution < -0.4 is 10.6 Å². The molecule has 0 aromatic carbocycles. The Kier molecular flexibility index (Phi) is 4.00. The molecule has 0 bridgehead atoms. The Bertz CT molecular complexity index is 473. The number of urea groups is 1. The summed E-state index contributed by atoms with van der Waals surface area (Å²) in [6.45, 7) is 0.686.